The van der Waals surface area contributed by atoms with Crippen molar-refractivity contribution in [1.29, 1.82) is 0 Å². The van der Waals surface area contributed by atoms with Gasteiger partial charge in [0.05, 0.1) is 0 Å². The molecule has 2 aliphatic rings. The Hall–Kier alpha value is -2.73. The molecule has 164 valence electrons. The van der Waals surface area contributed by atoms with E-state index in [1.54, 1.807) is 0 Å². The molecule has 0 atom stereocenters. The minimum absolute atomic E-state index is 0.00261. The number of benzene rings is 1. The Balaban J connectivity index is 1.50. The zero-order valence-corrected chi connectivity index (χ0v) is 18.5. The zero-order valence-electron chi connectivity index (χ0n) is 18.5. The second-order valence-electron chi connectivity index (χ2n) is 9.14. The number of piperidine rings is 1. The van der Waals surface area contributed by atoms with Crippen LogP contribution < -0.4 is 0 Å². The van der Waals surface area contributed by atoms with E-state index in [4.69, 9.17) is 0 Å². The van der Waals surface area contributed by atoms with Crippen LogP contribution in [0.15, 0.2) is 54.9 Å². The van der Waals surface area contributed by atoms with Gasteiger partial charge in [0.25, 0.3) is 5.91 Å². The van der Waals surface area contributed by atoms with E-state index in [2.05, 4.69) is 35.9 Å². The number of urea groups is 1. The number of pyridine rings is 1. The Bertz CT molecular complexity index is 892. The highest BCUT2D eigenvalue weighted by Gasteiger charge is 2.57. The van der Waals surface area contributed by atoms with Gasteiger partial charge in [0.15, 0.2) is 0 Å². The smallest absolute Gasteiger partial charge is 0.309 e. The Kier molecular flexibility index (Phi) is 6.37. The first kappa shape index (κ1) is 21.5. The SMILES string of the molecule is CC(C)CN1C(=O)N(CCc2ccccc2)C2(CCN(Cc3ccncc3)CC2)C1=O. The summed E-state index contributed by atoms with van der Waals surface area (Å²) >= 11 is 0. The summed E-state index contributed by atoms with van der Waals surface area (Å²) in [5.74, 6) is 0.258. The number of amides is 3. The highest BCUT2D eigenvalue weighted by Crippen LogP contribution is 2.38. The second-order valence-corrected chi connectivity index (χ2v) is 9.14. The van der Waals surface area contributed by atoms with E-state index in [9.17, 15) is 9.59 Å². The van der Waals surface area contributed by atoms with Crippen molar-refractivity contribution < 1.29 is 9.59 Å². The summed E-state index contributed by atoms with van der Waals surface area (Å²) < 4.78 is 0. The maximum absolute atomic E-state index is 13.6. The third-order valence-electron chi connectivity index (χ3n) is 6.48. The molecule has 2 aliphatic heterocycles. The van der Waals surface area contributed by atoms with Crippen molar-refractivity contribution in [1.82, 2.24) is 19.7 Å². The molecule has 4 rings (SSSR count). The molecule has 6 nitrogen and oxygen atoms in total. The average Bonchev–Trinajstić information content (AvgIpc) is 2.96. The van der Waals surface area contributed by atoms with Crippen molar-refractivity contribution in [2.24, 2.45) is 5.92 Å². The fraction of sp³-hybridized carbons (Fsp3) is 0.480. The molecule has 1 spiro atoms. The molecule has 2 aromatic rings. The first-order valence-corrected chi connectivity index (χ1v) is 11.3. The molecule has 3 amide bonds. The molecule has 0 saturated carbocycles. The van der Waals surface area contributed by atoms with Crippen LogP contribution in [0, 0.1) is 5.92 Å². The Morgan fingerprint density at radius 1 is 0.968 bits per heavy atom. The minimum Gasteiger partial charge on any atom is -0.309 e. The summed E-state index contributed by atoms with van der Waals surface area (Å²) in [5, 5.41) is 0. The number of carbonyl (C=O) groups excluding carboxylic acids is 2. The van der Waals surface area contributed by atoms with Crippen molar-refractivity contribution in [3.8, 4) is 0 Å². The highest BCUT2D eigenvalue weighted by atomic mass is 16.2. The molecule has 6 heteroatoms. The molecule has 0 radical (unpaired) electrons. The molecule has 0 unspecified atom stereocenters. The lowest BCUT2D eigenvalue weighted by Gasteiger charge is -2.42. The molecular weight excluding hydrogens is 388 g/mol. The lowest BCUT2D eigenvalue weighted by atomic mass is 9.85. The first-order chi connectivity index (χ1) is 15.0. The summed E-state index contributed by atoms with van der Waals surface area (Å²) in [5.41, 5.74) is 1.72. The largest absolute Gasteiger partial charge is 0.327 e. The van der Waals surface area contributed by atoms with Crippen molar-refractivity contribution in [2.45, 2.75) is 45.2 Å². The van der Waals surface area contributed by atoms with E-state index in [-0.39, 0.29) is 17.9 Å². The Morgan fingerprint density at radius 3 is 2.29 bits per heavy atom. The second kappa shape index (κ2) is 9.18. The number of hydrogen-bond donors (Lipinski definition) is 0. The number of hydrogen-bond acceptors (Lipinski definition) is 4. The monoisotopic (exact) mass is 420 g/mol. The molecule has 0 N–H and O–H groups in total. The van der Waals surface area contributed by atoms with Gasteiger partial charge >= 0.3 is 6.03 Å². The molecule has 1 aromatic heterocycles. The summed E-state index contributed by atoms with van der Waals surface area (Å²) in [4.78, 5) is 36.7. The molecule has 0 bridgehead atoms. The quantitative estimate of drug-likeness (QED) is 0.643. The Morgan fingerprint density at radius 2 is 1.65 bits per heavy atom. The topological polar surface area (TPSA) is 56.8 Å². The van der Waals surface area contributed by atoms with Gasteiger partial charge in [-0.2, -0.15) is 0 Å². The number of carbonyl (C=O) groups is 2. The fourth-order valence-corrected chi connectivity index (χ4v) is 4.81. The summed E-state index contributed by atoms with van der Waals surface area (Å²) in [6.07, 6.45) is 5.76. The van der Waals surface area contributed by atoms with Gasteiger partial charge in [0.1, 0.15) is 5.54 Å². The van der Waals surface area contributed by atoms with Crippen LogP contribution >= 0.6 is 0 Å². The van der Waals surface area contributed by atoms with Gasteiger partial charge in [0, 0.05) is 45.1 Å². The van der Waals surface area contributed by atoms with Crippen molar-refractivity contribution in [2.75, 3.05) is 26.2 Å². The molecule has 31 heavy (non-hydrogen) atoms. The summed E-state index contributed by atoms with van der Waals surface area (Å²) in [6.45, 7) is 7.63. The fourth-order valence-electron chi connectivity index (χ4n) is 4.81. The van der Waals surface area contributed by atoms with Crippen LogP contribution in [0.25, 0.3) is 0 Å². The van der Waals surface area contributed by atoms with Gasteiger partial charge in [-0.3, -0.25) is 19.6 Å². The van der Waals surface area contributed by atoms with Crippen LogP contribution in [0.3, 0.4) is 0 Å². The maximum Gasteiger partial charge on any atom is 0.327 e. The molecule has 3 heterocycles. The van der Waals surface area contributed by atoms with Gasteiger partial charge < -0.3 is 4.90 Å². The molecule has 2 fully saturated rings. The van der Waals surface area contributed by atoms with Crippen LogP contribution in [0.1, 0.15) is 37.8 Å². The zero-order chi connectivity index (χ0) is 21.8. The van der Waals surface area contributed by atoms with Gasteiger partial charge in [-0.25, -0.2) is 4.79 Å². The lowest BCUT2D eigenvalue weighted by Crippen LogP contribution is -2.56. The minimum atomic E-state index is -0.699. The normalized spacial score (nSPS) is 19.1. The molecular formula is C25H32N4O2. The summed E-state index contributed by atoms with van der Waals surface area (Å²) in [7, 11) is 0. The van der Waals surface area contributed by atoms with Crippen LogP contribution in [0.4, 0.5) is 4.79 Å². The maximum atomic E-state index is 13.6. The Labute approximate surface area is 184 Å². The van der Waals surface area contributed by atoms with Gasteiger partial charge in [0.2, 0.25) is 0 Å². The third kappa shape index (κ3) is 4.49. The van der Waals surface area contributed by atoms with Crippen LogP contribution in [0.5, 0.6) is 0 Å². The number of aromatic nitrogens is 1. The van der Waals surface area contributed by atoms with Crippen molar-refractivity contribution in [3.05, 3.63) is 66.0 Å². The predicted molar refractivity (Wildman–Crippen MR) is 120 cm³/mol. The van der Waals surface area contributed by atoms with Gasteiger partial charge in [-0.15, -0.1) is 0 Å². The van der Waals surface area contributed by atoms with E-state index in [1.165, 1.54) is 16.0 Å². The van der Waals surface area contributed by atoms with E-state index in [0.29, 0.717) is 25.9 Å². The van der Waals surface area contributed by atoms with E-state index < -0.39 is 5.54 Å². The predicted octanol–water partition coefficient (Wildman–Crippen LogP) is 3.58. The van der Waals surface area contributed by atoms with E-state index in [1.807, 2.05) is 47.6 Å². The van der Waals surface area contributed by atoms with E-state index >= 15 is 0 Å². The van der Waals surface area contributed by atoms with Crippen LogP contribution in [0.2, 0.25) is 0 Å². The number of imide groups is 1. The summed E-state index contributed by atoms with van der Waals surface area (Å²) in [6, 6.07) is 14.2. The number of nitrogens with zero attached hydrogens (tertiary/aromatic N) is 4. The van der Waals surface area contributed by atoms with E-state index in [0.717, 1.165) is 26.1 Å². The van der Waals surface area contributed by atoms with Crippen molar-refractivity contribution >= 4 is 11.9 Å². The molecule has 2 saturated heterocycles. The average molecular weight is 421 g/mol. The van der Waals surface area contributed by atoms with Crippen LogP contribution in [-0.4, -0.2) is 63.3 Å². The number of likely N-dealkylation sites (tertiary alicyclic amines) is 1. The molecule has 0 aliphatic carbocycles. The van der Waals surface area contributed by atoms with Crippen LogP contribution in [-0.2, 0) is 17.8 Å². The van der Waals surface area contributed by atoms with Gasteiger partial charge in [-0.05, 0) is 48.4 Å². The third-order valence-corrected chi connectivity index (χ3v) is 6.48. The molecule has 1 aromatic carbocycles. The number of rotatable bonds is 7. The standard InChI is InChI=1S/C25H32N4O2/c1-20(2)18-28-23(30)25(29(24(28)31)15-10-21-6-4-3-5-7-21)11-16-27(17-12-25)19-22-8-13-26-14-9-22/h3-9,13-14,20H,10-12,15-19H2,1-2H3. The first-order valence-electron chi connectivity index (χ1n) is 11.3. The van der Waals surface area contributed by atoms with Gasteiger partial charge in [-0.1, -0.05) is 44.2 Å². The lowest BCUT2D eigenvalue weighted by molar-refractivity contribution is -0.136. The highest BCUT2D eigenvalue weighted by molar-refractivity contribution is 6.07. The van der Waals surface area contributed by atoms with Crippen molar-refractivity contribution in [3.63, 3.8) is 0 Å².